The zero-order valence-corrected chi connectivity index (χ0v) is 20.4. The van der Waals surface area contributed by atoms with Crippen molar-refractivity contribution in [1.29, 1.82) is 0 Å². The second kappa shape index (κ2) is 9.22. The summed E-state index contributed by atoms with van der Waals surface area (Å²) in [6.07, 6.45) is 3.11. The van der Waals surface area contributed by atoms with Gasteiger partial charge in [-0.2, -0.15) is 8.78 Å². The lowest BCUT2D eigenvalue weighted by Gasteiger charge is -2.24. The van der Waals surface area contributed by atoms with E-state index in [0.717, 1.165) is 6.20 Å². The SMILES string of the molecule is CC1(NC(=O)c2ccc3c(-c4cccc(OC(F)F)c4)cn(-c4ccc(F)cn4)c3c2)CCS(=O)(=O)C1. The molecule has 1 unspecified atom stereocenters. The molecule has 1 aliphatic heterocycles. The van der Waals surface area contributed by atoms with Gasteiger partial charge in [-0.15, -0.1) is 0 Å². The van der Waals surface area contributed by atoms with Gasteiger partial charge in [0.1, 0.15) is 17.4 Å². The molecule has 1 aliphatic rings. The van der Waals surface area contributed by atoms with Gasteiger partial charge in [0, 0.05) is 22.7 Å². The molecule has 37 heavy (non-hydrogen) atoms. The summed E-state index contributed by atoms with van der Waals surface area (Å²) in [5.41, 5.74) is 1.22. The van der Waals surface area contributed by atoms with Crippen LogP contribution in [0.1, 0.15) is 23.7 Å². The second-order valence-electron chi connectivity index (χ2n) is 9.24. The minimum absolute atomic E-state index is 0.0101. The van der Waals surface area contributed by atoms with Crippen molar-refractivity contribution in [2.75, 3.05) is 11.5 Å². The van der Waals surface area contributed by atoms with Crippen LogP contribution < -0.4 is 10.1 Å². The minimum atomic E-state index is -3.22. The van der Waals surface area contributed by atoms with Gasteiger partial charge in [-0.3, -0.25) is 4.79 Å². The van der Waals surface area contributed by atoms with Crippen LogP contribution in [0.15, 0.2) is 67.0 Å². The minimum Gasteiger partial charge on any atom is -0.435 e. The number of hydrogen-bond donors (Lipinski definition) is 1. The van der Waals surface area contributed by atoms with Gasteiger partial charge in [0.25, 0.3) is 5.91 Å². The highest BCUT2D eigenvalue weighted by molar-refractivity contribution is 7.91. The number of amides is 1. The van der Waals surface area contributed by atoms with E-state index in [1.807, 2.05) is 0 Å². The van der Waals surface area contributed by atoms with Crippen molar-refractivity contribution in [3.8, 4) is 22.7 Å². The number of ether oxygens (including phenoxy) is 1. The number of carbonyl (C=O) groups is 1. The van der Waals surface area contributed by atoms with Crippen LogP contribution in [0.3, 0.4) is 0 Å². The van der Waals surface area contributed by atoms with E-state index in [1.165, 1.54) is 24.3 Å². The third-order valence-electron chi connectivity index (χ3n) is 6.32. The molecule has 0 radical (unpaired) electrons. The molecular weight excluding hydrogens is 507 g/mol. The molecule has 2 aromatic heterocycles. The van der Waals surface area contributed by atoms with Crippen LogP contribution in [0.2, 0.25) is 0 Å². The first-order valence-corrected chi connectivity index (χ1v) is 13.2. The van der Waals surface area contributed by atoms with E-state index >= 15 is 0 Å². The lowest BCUT2D eigenvalue weighted by atomic mass is 10.0. The Kier molecular flexibility index (Phi) is 6.18. The highest BCUT2D eigenvalue weighted by Gasteiger charge is 2.39. The van der Waals surface area contributed by atoms with E-state index < -0.39 is 33.7 Å². The zero-order valence-electron chi connectivity index (χ0n) is 19.6. The maximum atomic E-state index is 13.5. The fraction of sp³-hybridized carbons (Fsp3) is 0.231. The third-order valence-corrected chi connectivity index (χ3v) is 8.22. The fourth-order valence-corrected chi connectivity index (χ4v) is 6.69. The van der Waals surface area contributed by atoms with Crippen LogP contribution in [0.5, 0.6) is 5.75 Å². The summed E-state index contributed by atoms with van der Waals surface area (Å²) in [5.74, 6) is -0.703. The average Bonchev–Trinajstić information content (AvgIpc) is 3.35. The Morgan fingerprint density at radius 1 is 1.16 bits per heavy atom. The molecule has 0 spiro atoms. The number of pyridine rings is 1. The predicted octanol–water partition coefficient (Wildman–Crippen LogP) is 4.74. The first kappa shape index (κ1) is 24.8. The van der Waals surface area contributed by atoms with E-state index in [9.17, 15) is 26.4 Å². The van der Waals surface area contributed by atoms with E-state index in [4.69, 9.17) is 0 Å². The van der Waals surface area contributed by atoms with Gasteiger partial charge < -0.3 is 14.6 Å². The van der Waals surface area contributed by atoms with Crippen LogP contribution in [0.25, 0.3) is 27.8 Å². The van der Waals surface area contributed by atoms with Crippen molar-refractivity contribution in [1.82, 2.24) is 14.9 Å². The zero-order chi connectivity index (χ0) is 26.4. The monoisotopic (exact) mass is 529 g/mol. The van der Waals surface area contributed by atoms with Gasteiger partial charge in [0.15, 0.2) is 9.84 Å². The van der Waals surface area contributed by atoms with E-state index in [-0.39, 0.29) is 17.3 Å². The number of nitrogens with one attached hydrogen (secondary N) is 1. The predicted molar refractivity (Wildman–Crippen MR) is 132 cm³/mol. The number of fused-ring (bicyclic) bond motifs is 1. The first-order chi connectivity index (χ1) is 17.5. The van der Waals surface area contributed by atoms with Crippen LogP contribution in [0, 0.1) is 5.82 Å². The van der Waals surface area contributed by atoms with E-state index in [0.29, 0.717) is 39.8 Å². The molecule has 11 heteroatoms. The normalized spacial score (nSPS) is 18.8. The summed E-state index contributed by atoms with van der Waals surface area (Å²) < 4.78 is 69.2. The Balaban J connectivity index is 1.59. The summed E-state index contributed by atoms with van der Waals surface area (Å²) in [5, 5.41) is 3.53. The van der Waals surface area contributed by atoms with E-state index in [2.05, 4.69) is 15.0 Å². The molecule has 3 heterocycles. The van der Waals surface area contributed by atoms with Crippen molar-refractivity contribution >= 4 is 26.6 Å². The number of halogens is 3. The van der Waals surface area contributed by atoms with E-state index in [1.54, 1.807) is 48.0 Å². The molecule has 4 aromatic rings. The van der Waals surface area contributed by atoms with Crippen molar-refractivity contribution in [3.63, 3.8) is 0 Å². The topological polar surface area (TPSA) is 90.3 Å². The van der Waals surface area contributed by atoms with Crippen molar-refractivity contribution in [2.45, 2.75) is 25.5 Å². The van der Waals surface area contributed by atoms with Crippen molar-refractivity contribution in [2.24, 2.45) is 0 Å². The number of sulfone groups is 1. The van der Waals surface area contributed by atoms with Crippen molar-refractivity contribution in [3.05, 3.63) is 78.4 Å². The maximum absolute atomic E-state index is 13.5. The Morgan fingerprint density at radius 3 is 2.65 bits per heavy atom. The molecule has 5 rings (SSSR count). The summed E-state index contributed by atoms with van der Waals surface area (Å²) >= 11 is 0. The van der Waals surface area contributed by atoms with Gasteiger partial charge in [-0.1, -0.05) is 18.2 Å². The molecule has 2 aromatic carbocycles. The second-order valence-corrected chi connectivity index (χ2v) is 11.4. The van der Waals surface area contributed by atoms with Gasteiger partial charge >= 0.3 is 6.61 Å². The third kappa shape index (κ3) is 5.17. The number of alkyl halides is 2. The van der Waals surface area contributed by atoms with Gasteiger partial charge in [0.2, 0.25) is 0 Å². The molecule has 1 amide bonds. The highest BCUT2D eigenvalue weighted by atomic mass is 32.2. The molecule has 0 aliphatic carbocycles. The van der Waals surface area contributed by atoms with Crippen LogP contribution >= 0.6 is 0 Å². The smallest absolute Gasteiger partial charge is 0.387 e. The maximum Gasteiger partial charge on any atom is 0.387 e. The summed E-state index contributed by atoms with van der Waals surface area (Å²) in [4.78, 5) is 17.3. The van der Waals surface area contributed by atoms with Crippen LogP contribution in [-0.2, 0) is 9.84 Å². The Labute approximate surface area is 210 Å². The van der Waals surface area contributed by atoms with Crippen LogP contribution in [0.4, 0.5) is 13.2 Å². The molecule has 1 atom stereocenters. The average molecular weight is 530 g/mol. The van der Waals surface area contributed by atoms with Gasteiger partial charge in [-0.25, -0.2) is 17.8 Å². The molecule has 0 saturated carbocycles. The molecule has 7 nitrogen and oxygen atoms in total. The Bertz CT molecular complexity index is 1600. The molecule has 0 bridgehead atoms. The highest BCUT2D eigenvalue weighted by Crippen LogP contribution is 2.35. The fourth-order valence-electron chi connectivity index (χ4n) is 4.59. The summed E-state index contributed by atoms with van der Waals surface area (Å²) in [6, 6.07) is 13.9. The largest absolute Gasteiger partial charge is 0.435 e. The number of nitrogens with zero attached hydrogens (tertiary/aromatic N) is 2. The number of hydrogen-bond acceptors (Lipinski definition) is 5. The summed E-state index contributed by atoms with van der Waals surface area (Å²) in [7, 11) is -3.22. The Morgan fingerprint density at radius 2 is 1.97 bits per heavy atom. The Hall–Kier alpha value is -3.86. The number of rotatable bonds is 6. The standard InChI is InChI=1S/C26H22F3N3O4S/c1-26(9-10-37(34,35)15-26)31-24(33)17-5-7-20-21(16-3-2-4-19(11-16)36-25(28)29)14-32(22(20)12-17)23-8-6-18(27)13-30-23/h2-8,11-14,25H,9-10,15H2,1H3,(H,31,33). The lowest BCUT2D eigenvalue weighted by molar-refractivity contribution is -0.0498. The molecule has 192 valence electrons. The molecular formula is C26H22F3N3O4S. The van der Waals surface area contributed by atoms with Crippen molar-refractivity contribution < 1.29 is 31.1 Å². The lowest BCUT2D eigenvalue weighted by Crippen LogP contribution is -2.46. The number of benzene rings is 2. The van der Waals surface area contributed by atoms with Gasteiger partial charge in [-0.05, 0) is 55.3 Å². The number of carbonyl (C=O) groups excluding carboxylic acids is 1. The summed E-state index contributed by atoms with van der Waals surface area (Å²) in [6.45, 7) is -1.27. The molecule has 1 saturated heterocycles. The first-order valence-electron chi connectivity index (χ1n) is 11.4. The quantitative estimate of drug-likeness (QED) is 0.390. The van der Waals surface area contributed by atoms with Crippen LogP contribution in [-0.4, -0.2) is 47.5 Å². The van der Waals surface area contributed by atoms with Gasteiger partial charge in [0.05, 0.1) is 28.8 Å². The molecule has 1 fully saturated rings. The molecule has 1 N–H and O–H groups in total. The number of aromatic nitrogens is 2.